The number of carboxylic acids is 1. The molecule has 2 N–H and O–H groups in total. The van der Waals surface area contributed by atoms with E-state index in [0.29, 0.717) is 18.4 Å². The molecule has 0 aromatic heterocycles. The Labute approximate surface area is 112 Å². The molecule has 19 heavy (non-hydrogen) atoms. The van der Waals surface area contributed by atoms with Crippen LogP contribution in [0.15, 0.2) is 24.3 Å². The number of amides is 1. The van der Waals surface area contributed by atoms with Crippen LogP contribution in [0.3, 0.4) is 0 Å². The minimum absolute atomic E-state index is 0.0144. The minimum atomic E-state index is -0.760. The van der Waals surface area contributed by atoms with Gasteiger partial charge in [-0.25, -0.2) is 0 Å². The Hall–Kier alpha value is -1.84. The van der Waals surface area contributed by atoms with Crippen LogP contribution in [0, 0.1) is 5.92 Å². The third-order valence-electron chi connectivity index (χ3n) is 3.74. The molecule has 1 aromatic carbocycles. The second-order valence-electron chi connectivity index (χ2n) is 5.07. The van der Waals surface area contributed by atoms with E-state index in [4.69, 9.17) is 5.11 Å². The number of carbonyl (C=O) groups excluding carboxylic acids is 1. The smallest absolute Gasteiger partial charge is 0.306 e. The Balaban J connectivity index is 1.92. The largest absolute Gasteiger partial charge is 0.481 e. The van der Waals surface area contributed by atoms with E-state index in [1.54, 1.807) is 0 Å². The zero-order chi connectivity index (χ0) is 13.8. The van der Waals surface area contributed by atoms with Gasteiger partial charge in [-0.05, 0) is 43.4 Å². The maximum atomic E-state index is 12.0. The Morgan fingerprint density at radius 1 is 1.26 bits per heavy atom. The molecule has 2 atom stereocenters. The highest BCUT2D eigenvalue weighted by atomic mass is 16.4. The lowest BCUT2D eigenvalue weighted by molar-refractivity contribution is -0.141. The van der Waals surface area contributed by atoms with Crippen LogP contribution in [-0.2, 0) is 11.2 Å². The first-order valence-corrected chi connectivity index (χ1v) is 6.72. The molecule has 0 radical (unpaired) electrons. The van der Waals surface area contributed by atoms with Crippen LogP contribution in [0.4, 0.5) is 0 Å². The van der Waals surface area contributed by atoms with Crippen molar-refractivity contribution in [1.29, 1.82) is 0 Å². The second-order valence-corrected chi connectivity index (χ2v) is 5.07. The summed E-state index contributed by atoms with van der Waals surface area (Å²) in [6, 6.07) is 7.52. The van der Waals surface area contributed by atoms with E-state index in [9.17, 15) is 9.59 Å². The number of rotatable bonds is 4. The van der Waals surface area contributed by atoms with Crippen molar-refractivity contribution < 1.29 is 14.7 Å². The SMILES string of the molecule is CCc1ccc(C(=O)N[C@@H]2CC[C@H](C(=O)O)C2)cc1. The summed E-state index contributed by atoms with van der Waals surface area (Å²) in [6.45, 7) is 2.07. The van der Waals surface area contributed by atoms with Crippen molar-refractivity contribution in [2.24, 2.45) is 5.92 Å². The lowest BCUT2D eigenvalue weighted by Gasteiger charge is -2.12. The monoisotopic (exact) mass is 261 g/mol. The molecular weight excluding hydrogens is 242 g/mol. The Morgan fingerprint density at radius 2 is 1.95 bits per heavy atom. The highest BCUT2D eigenvalue weighted by molar-refractivity contribution is 5.94. The number of aliphatic carboxylic acids is 1. The lowest BCUT2D eigenvalue weighted by Crippen LogP contribution is -2.33. The van der Waals surface area contributed by atoms with Crippen LogP contribution < -0.4 is 5.32 Å². The summed E-state index contributed by atoms with van der Waals surface area (Å²) < 4.78 is 0. The highest BCUT2D eigenvalue weighted by Crippen LogP contribution is 2.25. The minimum Gasteiger partial charge on any atom is -0.481 e. The molecule has 2 rings (SSSR count). The summed E-state index contributed by atoms with van der Waals surface area (Å²) in [5.74, 6) is -1.18. The third kappa shape index (κ3) is 3.34. The summed E-state index contributed by atoms with van der Waals surface area (Å²) in [5.41, 5.74) is 1.83. The highest BCUT2D eigenvalue weighted by Gasteiger charge is 2.30. The molecule has 1 fully saturated rings. The summed E-state index contributed by atoms with van der Waals surface area (Å²) >= 11 is 0. The zero-order valence-electron chi connectivity index (χ0n) is 11.1. The average Bonchev–Trinajstić information content (AvgIpc) is 2.87. The van der Waals surface area contributed by atoms with Crippen LogP contribution >= 0.6 is 0 Å². The van der Waals surface area contributed by atoms with Gasteiger partial charge in [-0.2, -0.15) is 0 Å². The molecular formula is C15H19NO3. The van der Waals surface area contributed by atoms with Crippen molar-refractivity contribution in [1.82, 2.24) is 5.32 Å². The molecule has 1 amide bonds. The standard InChI is InChI=1S/C15H19NO3/c1-2-10-3-5-11(6-4-10)14(17)16-13-8-7-12(9-13)15(18)19/h3-6,12-13H,2,7-9H2,1H3,(H,16,17)(H,18,19)/t12-,13+/m0/s1. The third-order valence-corrected chi connectivity index (χ3v) is 3.74. The molecule has 1 aliphatic rings. The molecule has 1 saturated carbocycles. The molecule has 0 heterocycles. The predicted octanol–water partition coefficient (Wildman–Crippen LogP) is 2.23. The van der Waals surface area contributed by atoms with Crippen molar-refractivity contribution >= 4 is 11.9 Å². The fourth-order valence-corrected chi connectivity index (χ4v) is 2.50. The number of carbonyl (C=O) groups is 2. The van der Waals surface area contributed by atoms with Gasteiger partial charge >= 0.3 is 5.97 Å². The van der Waals surface area contributed by atoms with Crippen molar-refractivity contribution in [2.45, 2.75) is 38.6 Å². The normalized spacial score (nSPS) is 22.2. The van der Waals surface area contributed by atoms with Crippen molar-refractivity contribution in [3.8, 4) is 0 Å². The maximum absolute atomic E-state index is 12.0. The number of hydrogen-bond donors (Lipinski definition) is 2. The molecule has 0 unspecified atom stereocenters. The molecule has 102 valence electrons. The van der Waals surface area contributed by atoms with E-state index >= 15 is 0 Å². The Morgan fingerprint density at radius 3 is 2.47 bits per heavy atom. The van der Waals surface area contributed by atoms with Crippen LogP contribution in [0.25, 0.3) is 0 Å². The van der Waals surface area contributed by atoms with E-state index in [1.807, 2.05) is 24.3 Å². The average molecular weight is 261 g/mol. The number of aryl methyl sites for hydroxylation is 1. The van der Waals surface area contributed by atoms with Gasteiger partial charge in [0, 0.05) is 11.6 Å². The van der Waals surface area contributed by atoms with Crippen molar-refractivity contribution in [2.75, 3.05) is 0 Å². The van der Waals surface area contributed by atoms with Gasteiger partial charge in [0.15, 0.2) is 0 Å². The van der Waals surface area contributed by atoms with Gasteiger partial charge in [0.05, 0.1) is 5.92 Å². The maximum Gasteiger partial charge on any atom is 0.306 e. The van der Waals surface area contributed by atoms with Crippen molar-refractivity contribution in [3.05, 3.63) is 35.4 Å². The zero-order valence-corrected chi connectivity index (χ0v) is 11.1. The molecule has 0 spiro atoms. The van der Waals surface area contributed by atoms with Gasteiger partial charge in [0.1, 0.15) is 0 Å². The van der Waals surface area contributed by atoms with Gasteiger partial charge in [-0.1, -0.05) is 19.1 Å². The first kappa shape index (κ1) is 13.6. The Kier molecular flexibility index (Phi) is 4.20. The quantitative estimate of drug-likeness (QED) is 0.873. The van der Waals surface area contributed by atoms with Gasteiger partial charge in [-0.3, -0.25) is 9.59 Å². The molecule has 4 heteroatoms. The van der Waals surface area contributed by atoms with Crippen LogP contribution in [-0.4, -0.2) is 23.0 Å². The fraction of sp³-hybridized carbons (Fsp3) is 0.467. The van der Waals surface area contributed by atoms with Gasteiger partial charge in [0.25, 0.3) is 5.91 Å². The summed E-state index contributed by atoms with van der Waals surface area (Å²) in [6.07, 6.45) is 2.88. The van der Waals surface area contributed by atoms with E-state index in [-0.39, 0.29) is 17.9 Å². The van der Waals surface area contributed by atoms with Crippen LogP contribution in [0.2, 0.25) is 0 Å². The number of benzene rings is 1. The summed E-state index contributed by atoms with van der Waals surface area (Å²) in [5, 5.41) is 11.8. The van der Waals surface area contributed by atoms with E-state index in [0.717, 1.165) is 12.8 Å². The number of hydrogen-bond acceptors (Lipinski definition) is 2. The van der Waals surface area contributed by atoms with Gasteiger partial charge < -0.3 is 10.4 Å². The van der Waals surface area contributed by atoms with Crippen LogP contribution in [0.1, 0.15) is 42.1 Å². The molecule has 4 nitrogen and oxygen atoms in total. The lowest BCUT2D eigenvalue weighted by atomic mass is 10.1. The molecule has 0 bridgehead atoms. The first-order chi connectivity index (χ1) is 9.10. The molecule has 1 aliphatic carbocycles. The molecule has 0 aliphatic heterocycles. The predicted molar refractivity (Wildman–Crippen MR) is 72.1 cm³/mol. The Bertz CT molecular complexity index is 467. The van der Waals surface area contributed by atoms with E-state index in [2.05, 4.69) is 12.2 Å². The molecule has 0 saturated heterocycles. The van der Waals surface area contributed by atoms with E-state index in [1.165, 1.54) is 5.56 Å². The first-order valence-electron chi connectivity index (χ1n) is 6.72. The topological polar surface area (TPSA) is 66.4 Å². The van der Waals surface area contributed by atoms with Gasteiger partial charge in [-0.15, -0.1) is 0 Å². The van der Waals surface area contributed by atoms with Crippen LogP contribution in [0.5, 0.6) is 0 Å². The molecule has 1 aromatic rings. The summed E-state index contributed by atoms with van der Waals surface area (Å²) in [4.78, 5) is 22.9. The van der Waals surface area contributed by atoms with Crippen molar-refractivity contribution in [3.63, 3.8) is 0 Å². The summed E-state index contributed by atoms with van der Waals surface area (Å²) in [7, 11) is 0. The fourth-order valence-electron chi connectivity index (χ4n) is 2.50. The van der Waals surface area contributed by atoms with E-state index < -0.39 is 5.97 Å². The number of nitrogens with one attached hydrogen (secondary N) is 1. The van der Waals surface area contributed by atoms with Gasteiger partial charge in [0.2, 0.25) is 0 Å². The second kappa shape index (κ2) is 5.87. The number of carboxylic acid groups (broad SMARTS) is 1.